The summed E-state index contributed by atoms with van der Waals surface area (Å²) in [5.74, 6) is 0.457. The van der Waals surface area contributed by atoms with Crippen LogP contribution in [0.1, 0.15) is 50.5 Å². The minimum absolute atomic E-state index is 0. The van der Waals surface area contributed by atoms with E-state index in [1.165, 1.54) is 6.07 Å². The largest absolute Gasteiger partial charge is 0.466 e. The van der Waals surface area contributed by atoms with Gasteiger partial charge in [0.25, 0.3) is 0 Å². The summed E-state index contributed by atoms with van der Waals surface area (Å²) in [5, 5.41) is 7.27. The zero-order valence-electron chi connectivity index (χ0n) is 16.2. The zero-order valence-corrected chi connectivity index (χ0v) is 19.3. The van der Waals surface area contributed by atoms with Crippen molar-refractivity contribution in [1.29, 1.82) is 0 Å². The molecule has 0 aliphatic heterocycles. The molecule has 2 unspecified atom stereocenters. The second-order valence-corrected chi connectivity index (χ2v) is 7.65. The molecule has 8 heteroatoms. The molecule has 2 aliphatic carbocycles. The van der Waals surface area contributed by atoms with Crippen LogP contribution in [0.5, 0.6) is 0 Å². The van der Waals surface area contributed by atoms with E-state index < -0.39 is 0 Å². The minimum atomic E-state index is -0.253. The Bertz CT molecular complexity index is 690. The zero-order chi connectivity index (χ0) is 19.4. The van der Waals surface area contributed by atoms with Gasteiger partial charge in [0, 0.05) is 35.6 Å². The van der Waals surface area contributed by atoms with Crippen molar-refractivity contribution in [3.63, 3.8) is 0 Å². The van der Waals surface area contributed by atoms with Gasteiger partial charge in [-0.1, -0.05) is 17.7 Å². The van der Waals surface area contributed by atoms with Crippen molar-refractivity contribution in [1.82, 2.24) is 10.6 Å². The van der Waals surface area contributed by atoms with E-state index in [1.807, 2.05) is 6.92 Å². The van der Waals surface area contributed by atoms with Crippen molar-refractivity contribution < 1.29 is 13.9 Å². The van der Waals surface area contributed by atoms with Gasteiger partial charge >= 0.3 is 5.97 Å². The summed E-state index contributed by atoms with van der Waals surface area (Å²) in [6.45, 7) is 2.27. The van der Waals surface area contributed by atoms with E-state index in [1.54, 1.807) is 19.2 Å². The van der Waals surface area contributed by atoms with Gasteiger partial charge in [0.15, 0.2) is 5.96 Å². The number of hydrogen-bond acceptors (Lipinski definition) is 3. The highest BCUT2D eigenvalue weighted by Crippen LogP contribution is 2.44. The molecule has 0 heterocycles. The van der Waals surface area contributed by atoms with Gasteiger partial charge in [0.1, 0.15) is 5.82 Å². The monoisotopic (exact) mass is 523 g/mol. The van der Waals surface area contributed by atoms with Crippen molar-refractivity contribution in [3.8, 4) is 0 Å². The summed E-state index contributed by atoms with van der Waals surface area (Å²) < 4.78 is 19.2. The fourth-order valence-electron chi connectivity index (χ4n) is 3.81. The Morgan fingerprint density at radius 1 is 1.29 bits per heavy atom. The molecule has 1 aromatic rings. The summed E-state index contributed by atoms with van der Waals surface area (Å²) >= 11 is 6.17. The van der Waals surface area contributed by atoms with E-state index in [4.69, 9.17) is 16.3 Å². The summed E-state index contributed by atoms with van der Waals surface area (Å²) in [6, 6.07) is 5.20. The number of halogens is 3. The summed E-state index contributed by atoms with van der Waals surface area (Å²) in [6.07, 6.45) is 4.28. The number of esters is 1. The van der Waals surface area contributed by atoms with Gasteiger partial charge in [-0.25, -0.2) is 4.39 Å². The number of rotatable bonds is 5. The van der Waals surface area contributed by atoms with Gasteiger partial charge in [-0.15, -0.1) is 24.0 Å². The normalized spacial score (nSPS) is 26.8. The SMILES string of the molecule is CCOC(=O)C1CCC(NC(=NC)NC2CC2c2c(F)cccc2Cl)CC1.I. The molecule has 2 N–H and O–H groups in total. The van der Waals surface area contributed by atoms with Crippen molar-refractivity contribution in [2.45, 2.75) is 57.0 Å². The highest BCUT2D eigenvalue weighted by molar-refractivity contribution is 14.0. The first-order valence-electron chi connectivity index (χ1n) is 9.63. The third-order valence-corrected chi connectivity index (χ3v) is 5.72. The van der Waals surface area contributed by atoms with E-state index in [0.29, 0.717) is 17.2 Å². The predicted molar refractivity (Wildman–Crippen MR) is 120 cm³/mol. The van der Waals surface area contributed by atoms with E-state index in [-0.39, 0.29) is 59.7 Å². The molecule has 2 saturated carbocycles. The molecule has 28 heavy (non-hydrogen) atoms. The number of carbonyl (C=O) groups excluding carboxylic acids is 1. The quantitative estimate of drug-likeness (QED) is 0.262. The molecular weight excluding hydrogens is 496 g/mol. The van der Waals surface area contributed by atoms with Crippen molar-refractivity contribution >= 4 is 47.5 Å². The number of aliphatic imine (C=N–C) groups is 1. The molecule has 0 aromatic heterocycles. The van der Waals surface area contributed by atoms with Crippen LogP contribution in [0, 0.1) is 11.7 Å². The van der Waals surface area contributed by atoms with Gasteiger partial charge in [-0.05, 0) is 51.2 Å². The smallest absolute Gasteiger partial charge is 0.308 e. The lowest BCUT2D eigenvalue weighted by Gasteiger charge is -2.29. The van der Waals surface area contributed by atoms with Gasteiger partial charge in [-0.3, -0.25) is 9.79 Å². The van der Waals surface area contributed by atoms with Crippen LogP contribution in [0.3, 0.4) is 0 Å². The lowest BCUT2D eigenvalue weighted by atomic mass is 9.86. The van der Waals surface area contributed by atoms with Crippen molar-refractivity contribution in [2.75, 3.05) is 13.7 Å². The average Bonchev–Trinajstić information content (AvgIpc) is 3.40. The Balaban J connectivity index is 0.00000280. The second-order valence-electron chi connectivity index (χ2n) is 7.25. The summed E-state index contributed by atoms with van der Waals surface area (Å²) in [5.41, 5.74) is 0.585. The lowest BCUT2D eigenvalue weighted by Crippen LogP contribution is -2.46. The fraction of sp³-hybridized carbons (Fsp3) is 0.600. The van der Waals surface area contributed by atoms with Crippen LogP contribution in [0.4, 0.5) is 4.39 Å². The molecule has 156 valence electrons. The van der Waals surface area contributed by atoms with Gasteiger partial charge in [-0.2, -0.15) is 0 Å². The number of carbonyl (C=O) groups is 1. The average molecular weight is 524 g/mol. The first kappa shape index (κ1) is 23.2. The van der Waals surface area contributed by atoms with Crippen molar-refractivity contribution in [2.24, 2.45) is 10.9 Å². The van der Waals surface area contributed by atoms with Crippen LogP contribution >= 0.6 is 35.6 Å². The molecule has 0 bridgehead atoms. The maximum Gasteiger partial charge on any atom is 0.308 e. The Hall–Kier alpha value is -1.09. The molecule has 0 saturated heterocycles. The summed E-state index contributed by atoms with van der Waals surface area (Å²) in [7, 11) is 1.73. The molecule has 5 nitrogen and oxygen atoms in total. The molecule has 2 atom stereocenters. The number of ether oxygens (including phenoxy) is 1. The molecular formula is C20H28ClFIN3O2. The highest BCUT2D eigenvalue weighted by atomic mass is 127. The standard InChI is InChI=1S/C20H27ClFN3O2.HI/c1-3-27-19(26)12-7-9-13(10-8-12)24-20(23-2)25-17-11-14(17)18-15(21)5-4-6-16(18)22;/h4-6,12-14,17H,3,7-11H2,1-2H3,(H2,23,24,25);1H. The first-order valence-corrected chi connectivity index (χ1v) is 10.0. The van der Waals surface area contributed by atoms with Gasteiger partial charge < -0.3 is 15.4 Å². The van der Waals surface area contributed by atoms with Crippen LogP contribution in [-0.4, -0.2) is 37.7 Å². The minimum Gasteiger partial charge on any atom is -0.466 e. The van der Waals surface area contributed by atoms with Crippen LogP contribution in [0.2, 0.25) is 5.02 Å². The predicted octanol–water partition coefficient (Wildman–Crippen LogP) is 4.24. The number of nitrogens with zero attached hydrogens (tertiary/aromatic N) is 1. The number of guanidine groups is 1. The molecule has 0 amide bonds. The molecule has 0 spiro atoms. The van der Waals surface area contributed by atoms with Crippen LogP contribution in [-0.2, 0) is 9.53 Å². The number of benzene rings is 1. The van der Waals surface area contributed by atoms with E-state index >= 15 is 0 Å². The molecule has 3 rings (SSSR count). The third kappa shape index (κ3) is 5.72. The maximum absolute atomic E-state index is 14.1. The Morgan fingerprint density at radius 2 is 2.00 bits per heavy atom. The second kappa shape index (κ2) is 10.6. The van der Waals surface area contributed by atoms with Gasteiger partial charge in [0.05, 0.1) is 12.5 Å². The maximum atomic E-state index is 14.1. The van der Waals surface area contributed by atoms with Crippen LogP contribution < -0.4 is 10.6 Å². The Kier molecular flexibility index (Phi) is 8.80. The van der Waals surface area contributed by atoms with E-state index in [0.717, 1.165) is 38.1 Å². The third-order valence-electron chi connectivity index (χ3n) is 5.39. The fourth-order valence-corrected chi connectivity index (χ4v) is 4.11. The number of nitrogens with one attached hydrogen (secondary N) is 2. The molecule has 0 radical (unpaired) electrons. The van der Waals surface area contributed by atoms with Gasteiger partial charge in [0.2, 0.25) is 0 Å². The molecule has 2 aliphatic rings. The van der Waals surface area contributed by atoms with Crippen LogP contribution in [0.15, 0.2) is 23.2 Å². The first-order chi connectivity index (χ1) is 13.0. The van der Waals surface area contributed by atoms with Crippen LogP contribution in [0.25, 0.3) is 0 Å². The Labute approximate surface area is 187 Å². The lowest BCUT2D eigenvalue weighted by molar-refractivity contribution is -0.149. The molecule has 1 aromatic carbocycles. The molecule has 2 fully saturated rings. The topological polar surface area (TPSA) is 62.7 Å². The van der Waals surface area contributed by atoms with E-state index in [2.05, 4.69) is 15.6 Å². The van der Waals surface area contributed by atoms with Crippen molar-refractivity contribution in [3.05, 3.63) is 34.6 Å². The highest BCUT2D eigenvalue weighted by Gasteiger charge is 2.42. The Morgan fingerprint density at radius 3 is 2.61 bits per heavy atom. The number of hydrogen-bond donors (Lipinski definition) is 2. The van der Waals surface area contributed by atoms with E-state index in [9.17, 15) is 9.18 Å². The summed E-state index contributed by atoms with van der Waals surface area (Å²) in [4.78, 5) is 16.1.